The van der Waals surface area contributed by atoms with E-state index in [9.17, 15) is 9.35 Å². The Balaban J connectivity index is 1.32. The average molecular weight is 725 g/mol. The van der Waals surface area contributed by atoms with E-state index in [1.165, 1.54) is 0 Å². The largest absolute Gasteiger partial charge is 0.611 e. The Labute approximate surface area is 313 Å². The number of ether oxygens (including phenoxy) is 2. The molecule has 1 unspecified atom stereocenters. The molecule has 3 aromatic carbocycles. The number of carbonyl (C=O) groups is 1. The molecule has 52 heavy (non-hydrogen) atoms. The van der Waals surface area contributed by atoms with Crippen LogP contribution in [0.4, 0.5) is 11.4 Å². The molecule has 0 radical (unpaired) electrons. The van der Waals surface area contributed by atoms with Gasteiger partial charge in [-0.3, -0.25) is 4.79 Å². The summed E-state index contributed by atoms with van der Waals surface area (Å²) in [5.41, 5.74) is 8.47. The Morgan fingerprint density at radius 3 is 2.52 bits per heavy atom. The number of benzene rings is 3. The fourth-order valence-corrected chi connectivity index (χ4v) is 7.90. The van der Waals surface area contributed by atoms with E-state index in [2.05, 4.69) is 84.3 Å². The topological polar surface area (TPSA) is 103 Å². The fraction of sp³-hybridized carbons (Fsp3) is 0.442. The minimum absolute atomic E-state index is 0.112. The Hall–Kier alpha value is -4.05. The SMILES string of the molecule is CCCCOCCOc1ccc(-c2ccc3c(c2)/C=C(/C(=O)Nc2ccc([S+]([O-])Cc4[nH]c(CCC)nc4C)c(C)c2)CCCN3CC(C)C)cc1. The van der Waals surface area contributed by atoms with Crippen LogP contribution in [0.5, 0.6) is 5.75 Å². The summed E-state index contributed by atoms with van der Waals surface area (Å²) in [6, 6.07) is 20.4. The molecule has 2 heterocycles. The van der Waals surface area contributed by atoms with Crippen LogP contribution in [0, 0.1) is 19.8 Å². The van der Waals surface area contributed by atoms with Gasteiger partial charge in [-0.15, -0.1) is 0 Å². The van der Waals surface area contributed by atoms with Crippen molar-refractivity contribution in [3.05, 3.63) is 94.6 Å². The molecule has 9 heteroatoms. The second-order valence-electron chi connectivity index (χ2n) is 14.1. The molecule has 278 valence electrons. The van der Waals surface area contributed by atoms with Crippen LogP contribution in [0.1, 0.15) is 88.1 Å². The summed E-state index contributed by atoms with van der Waals surface area (Å²) in [6.07, 6.45) is 7.68. The molecular weight excluding hydrogens is 669 g/mol. The third kappa shape index (κ3) is 10.7. The number of nitrogens with zero attached hydrogens (tertiary/aromatic N) is 2. The van der Waals surface area contributed by atoms with E-state index in [0.29, 0.717) is 37.0 Å². The maximum atomic E-state index is 13.8. The molecule has 1 amide bonds. The van der Waals surface area contributed by atoms with Gasteiger partial charge in [0.2, 0.25) is 0 Å². The number of nitrogens with one attached hydrogen (secondary N) is 2. The number of rotatable bonds is 17. The third-order valence-corrected chi connectivity index (χ3v) is 10.7. The highest BCUT2D eigenvalue weighted by molar-refractivity contribution is 7.90. The summed E-state index contributed by atoms with van der Waals surface area (Å²) in [7, 11) is 0. The molecule has 1 aliphatic rings. The van der Waals surface area contributed by atoms with Crippen molar-refractivity contribution in [2.24, 2.45) is 5.92 Å². The van der Waals surface area contributed by atoms with Crippen LogP contribution in [-0.2, 0) is 32.9 Å². The second-order valence-corrected chi connectivity index (χ2v) is 15.6. The molecule has 0 fully saturated rings. The van der Waals surface area contributed by atoms with E-state index in [1.807, 2.05) is 44.2 Å². The quantitative estimate of drug-likeness (QED) is 0.0831. The standard InChI is InChI=1S/C43H56N4O4S/c1-7-9-22-50-23-24-51-38-17-13-33(14-18-38)34-15-19-40-36(26-34)27-35(12-10-21-47(40)28-30(3)4)43(48)45-37-16-20-41(31(5)25-37)52(49)29-39-32(6)44-42(46-39)11-8-2/h13-20,25-27,30H,7-12,21-24,28-29H2,1-6H3,(H,44,46)(H,45,48)/b35-27+. The Kier molecular flexibility index (Phi) is 14.4. The monoisotopic (exact) mass is 724 g/mol. The van der Waals surface area contributed by atoms with Crippen LogP contribution >= 0.6 is 0 Å². The molecule has 1 atom stereocenters. The molecule has 2 N–H and O–H groups in total. The number of aromatic nitrogens is 2. The lowest BCUT2D eigenvalue weighted by Crippen LogP contribution is -2.30. The van der Waals surface area contributed by atoms with Crippen LogP contribution in [-0.4, -0.2) is 53.3 Å². The van der Waals surface area contributed by atoms with Crippen LogP contribution in [0.3, 0.4) is 0 Å². The first-order chi connectivity index (χ1) is 25.1. The number of H-pyrrole nitrogens is 1. The van der Waals surface area contributed by atoms with Crippen molar-refractivity contribution in [1.82, 2.24) is 9.97 Å². The molecule has 0 saturated carbocycles. The highest BCUT2D eigenvalue weighted by atomic mass is 32.2. The van der Waals surface area contributed by atoms with Crippen LogP contribution < -0.4 is 15.0 Å². The highest BCUT2D eigenvalue weighted by Gasteiger charge is 2.22. The summed E-state index contributed by atoms with van der Waals surface area (Å²) in [5.74, 6) is 2.53. The van der Waals surface area contributed by atoms with Crippen molar-refractivity contribution >= 4 is 34.5 Å². The van der Waals surface area contributed by atoms with Crippen molar-refractivity contribution in [3.63, 3.8) is 0 Å². The Bertz CT molecular complexity index is 1800. The van der Waals surface area contributed by atoms with Gasteiger partial charge in [-0.05, 0) is 122 Å². The third-order valence-electron chi connectivity index (χ3n) is 9.25. The van der Waals surface area contributed by atoms with Crippen molar-refractivity contribution in [3.8, 4) is 16.9 Å². The first-order valence-corrected chi connectivity index (χ1v) is 20.2. The van der Waals surface area contributed by atoms with E-state index in [0.717, 1.165) is 113 Å². The second kappa shape index (κ2) is 19.1. The van der Waals surface area contributed by atoms with Gasteiger partial charge in [0.05, 0.1) is 18.0 Å². The lowest BCUT2D eigenvalue weighted by atomic mass is 9.96. The molecular formula is C43H56N4O4S. The van der Waals surface area contributed by atoms with Crippen molar-refractivity contribution in [2.45, 2.75) is 90.7 Å². The first-order valence-electron chi connectivity index (χ1n) is 18.9. The van der Waals surface area contributed by atoms with Crippen molar-refractivity contribution in [1.29, 1.82) is 0 Å². The van der Waals surface area contributed by atoms with Crippen LogP contribution in [0.2, 0.25) is 0 Å². The van der Waals surface area contributed by atoms with E-state index in [4.69, 9.17) is 9.47 Å². The number of amides is 1. The van der Waals surface area contributed by atoms with Crippen LogP contribution in [0.25, 0.3) is 17.2 Å². The molecule has 0 saturated heterocycles. The maximum absolute atomic E-state index is 13.8. The number of aryl methyl sites for hydroxylation is 3. The predicted molar refractivity (Wildman–Crippen MR) is 215 cm³/mol. The number of carbonyl (C=O) groups excluding carboxylic acids is 1. The number of unbranched alkanes of at least 4 members (excludes halogenated alkanes) is 1. The zero-order valence-corrected chi connectivity index (χ0v) is 32.7. The van der Waals surface area contributed by atoms with Gasteiger partial charge in [-0.2, -0.15) is 0 Å². The minimum Gasteiger partial charge on any atom is -0.611 e. The maximum Gasteiger partial charge on any atom is 0.251 e. The Morgan fingerprint density at radius 2 is 1.79 bits per heavy atom. The summed E-state index contributed by atoms with van der Waals surface area (Å²) >= 11 is -1.24. The average Bonchev–Trinajstić information content (AvgIpc) is 3.45. The van der Waals surface area contributed by atoms with Gasteiger partial charge < -0.3 is 29.2 Å². The first kappa shape index (κ1) is 39.2. The molecule has 0 spiro atoms. The number of hydrogen-bond acceptors (Lipinski definition) is 6. The normalized spacial score (nSPS) is 14.7. The zero-order valence-electron chi connectivity index (χ0n) is 31.8. The molecule has 1 aromatic heterocycles. The summed E-state index contributed by atoms with van der Waals surface area (Å²) < 4.78 is 24.9. The van der Waals surface area contributed by atoms with Gasteiger partial charge in [0.15, 0.2) is 10.6 Å². The van der Waals surface area contributed by atoms with E-state index >= 15 is 0 Å². The molecule has 4 aromatic rings. The van der Waals surface area contributed by atoms with Gasteiger partial charge in [0, 0.05) is 48.6 Å². The number of imidazole rings is 1. The Morgan fingerprint density at radius 1 is 1.00 bits per heavy atom. The number of fused-ring (bicyclic) bond motifs is 1. The molecule has 1 aliphatic heterocycles. The van der Waals surface area contributed by atoms with E-state index < -0.39 is 11.2 Å². The summed E-state index contributed by atoms with van der Waals surface area (Å²) in [6.45, 7) is 16.4. The number of hydrogen-bond donors (Lipinski definition) is 2. The lowest BCUT2D eigenvalue weighted by molar-refractivity contribution is -0.112. The highest BCUT2D eigenvalue weighted by Crippen LogP contribution is 2.34. The smallest absolute Gasteiger partial charge is 0.251 e. The summed E-state index contributed by atoms with van der Waals surface area (Å²) in [5, 5.41) is 3.14. The van der Waals surface area contributed by atoms with Crippen molar-refractivity contribution in [2.75, 3.05) is 43.1 Å². The zero-order chi connectivity index (χ0) is 37.0. The molecule has 8 nitrogen and oxygen atoms in total. The number of aromatic amines is 1. The van der Waals surface area contributed by atoms with Gasteiger partial charge in [-0.1, -0.05) is 52.3 Å². The lowest BCUT2D eigenvalue weighted by Gasteiger charge is -2.30. The van der Waals surface area contributed by atoms with Gasteiger partial charge >= 0.3 is 0 Å². The number of anilines is 2. The van der Waals surface area contributed by atoms with E-state index in [-0.39, 0.29) is 5.91 Å². The van der Waals surface area contributed by atoms with Crippen LogP contribution in [0.15, 0.2) is 71.1 Å². The summed E-state index contributed by atoms with van der Waals surface area (Å²) in [4.78, 5) is 25.0. The van der Waals surface area contributed by atoms with Crippen molar-refractivity contribution < 1.29 is 18.8 Å². The predicted octanol–water partition coefficient (Wildman–Crippen LogP) is 9.43. The molecule has 0 bridgehead atoms. The van der Waals surface area contributed by atoms with E-state index in [1.54, 1.807) is 0 Å². The van der Waals surface area contributed by atoms with Gasteiger partial charge in [0.25, 0.3) is 5.91 Å². The molecule has 0 aliphatic carbocycles. The minimum atomic E-state index is -1.24. The fourth-order valence-electron chi connectivity index (χ4n) is 6.56. The van der Waals surface area contributed by atoms with Gasteiger partial charge in [-0.25, -0.2) is 4.98 Å². The molecule has 5 rings (SSSR count). The van der Waals surface area contributed by atoms with Gasteiger partial charge in [0.1, 0.15) is 18.2 Å².